The van der Waals surface area contributed by atoms with Crippen molar-refractivity contribution in [2.45, 2.75) is 32.0 Å². The summed E-state index contributed by atoms with van der Waals surface area (Å²) >= 11 is 0. The minimum absolute atomic E-state index is 0.184. The lowest BCUT2D eigenvalue weighted by atomic mass is 10.1. The number of rotatable bonds is 6. The Morgan fingerprint density at radius 2 is 2.23 bits per heavy atom. The Morgan fingerprint density at radius 3 is 2.91 bits per heavy atom. The minimum Gasteiger partial charge on any atom is -0.380 e. The molecule has 1 amide bonds. The third kappa shape index (κ3) is 5.08. The van der Waals surface area contributed by atoms with E-state index in [0.29, 0.717) is 25.2 Å². The molecule has 6 nitrogen and oxygen atoms in total. The van der Waals surface area contributed by atoms with Crippen LogP contribution >= 0.6 is 0 Å². The Kier molecular flexibility index (Phi) is 5.93. The molecule has 1 unspecified atom stereocenters. The Labute approximate surface area is 130 Å². The van der Waals surface area contributed by atoms with Crippen molar-refractivity contribution in [1.82, 2.24) is 4.72 Å². The first-order chi connectivity index (χ1) is 10.5. The van der Waals surface area contributed by atoms with Crippen molar-refractivity contribution in [2.24, 2.45) is 0 Å². The van der Waals surface area contributed by atoms with Crippen LogP contribution < -0.4 is 4.72 Å². The average molecular weight is 327 g/mol. The van der Waals surface area contributed by atoms with Gasteiger partial charge in [0.2, 0.25) is 10.0 Å². The van der Waals surface area contributed by atoms with E-state index in [1.54, 1.807) is 25.3 Å². The number of benzene rings is 1. The van der Waals surface area contributed by atoms with Crippen LogP contribution in [0, 0.1) is 0 Å². The molecule has 0 spiro atoms. The lowest BCUT2D eigenvalue weighted by molar-refractivity contribution is 0.0304. The van der Waals surface area contributed by atoms with Gasteiger partial charge in [-0.05, 0) is 37.0 Å². The van der Waals surface area contributed by atoms with Crippen molar-refractivity contribution in [3.63, 3.8) is 0 Å². The summed E-state index contributed by atoms with van der Waals surface area (Å²) in [5, 5.41) is 0. The molecule has 1 aromatic carbocycles. The van der Waals surface area contributed by atoms with Crippen LogP contribution in [-0.4, -0.2) is 39.9 Å². The fourth-order valence-corrected chi connectivity index (χ4v) is 3.63. The second-order valence-corrected chi connectivity index (χ2v) is 7.10. The van der Waals surface area contributed by atoms with E-state index in [1.807, 2.05) is 6.07 Å². The zero-order valence-electron chi connectivity index (χ0n) is 12.6. The summed E-state index contributed by atoms with van der Waals surface area (Å²) in [6.07, 6.45) is 2.28. The number of hydrogen-bond acceptors (Lipinski definition) is 5. The third-order valence-corrected chi connectivity index (χ3v) is 4.73. The molecule has 1 N–H and O–H groups in total. The van der Waals surface area contributed by atoms with Gasteiger partial charge in [0.05, 0.1) is 18.5 Å². The zero-order valence-corrected chi connectivity index (χ0v) is 13.4. The van der Waals surface area contributed by atoms with Gasteiger partial charge in [0.25, 0.3) is 5.91 Å². The molecular weight excluding hydrogens is 306 g/mol. The first-order valence-corrected chi connectivity index (χ1v) is 8.90. The maximum absolute atomic E-state index is 12.1. The zero-order chi connectivity index (χ0) is 16.0. The maximum Gasteiger partial charge on any atom is 0.264 e. The van der Waals surface area contributed by atoms with Crippen LogP contribution in [-0.2, 0) is 26.1 Å². The summed E-state index contributed by atoms with van der Waals surface area (Å²) in [4.78, 5) is 12.1. The van der Waals surface area contributed by atoms with E-state index in [9.17, 15) is 13.2 Å². The van der Waals surface area contributed by atoms with Crippen molar-refractivity contribution >= 4 is 15.9 Å². The molecule has 0 aliphatic carbocycles. The van der Waals surface area contributed by atoms with E-state index >= 15 is 0 Å². The normalized spacial score (nSPS) is 18.9. The van der Waals surface area contributed by atoms with Crippen molar-refractivity contribution in [1.29, 1.82) is 0 Å². The van der Waals surface area contributed by atoms with Crippen LogP contribution in [0.4, 0.5) is 0 Å². The smallest absolute Gasteiger partial charge is 0.264 e. The molecule has 1 aliphatic heterocycles. The van der Waals surface area contributed by atoms with Crippen LogP contribution in [0.15, 0.2) is 24.3 Å². The highest BCUT2D eigenvalue weighted by molar-refractivity contribution is 7.90. The number of carbonyl (C=O) groups is 1. The van der Waals surface area contributed by atoms with Gasteiger partial charge >= 0.3 is 0 Å². The van der Waals surface area contributed by atoms with Crippen molar-refractivity contribution in [2.75, 3.05) is 19.5 Å². The Morgan fingerprint density at radius 1 is 1.41 bits per heavy atom. The van der Waals surface area contributed by atoms with Crippen LogP contribution in [0.5, 0.6) is 0 Å². The predicted octanol–water partition coefficient (Wildman–Crippen LogP) is 1.46. The summed E-state index contributed by atoms with van der Waals surface area (Å²) in [6.45, 7) is 0.941. The molecular formula is C15H21NO5S. The predicted molar refractivity (Wildman–Crippen MR) is 82.0 cm³/mol. The van der Waals surface area contributed by atoms with Gasteiger partial charge in [0.1, 0.15) is 0 Å². The Bertz CT molecular complexity index is 608. The highest BCUT2D eigenvalue weighted by Crippen LogP contribution is 2.14. The molecule has 22 heavy (non-hydrogen) atoms. The minimum atomic E-state index is -3.71. The molecule has 1 fully saturated rings. The molecule has 122 valence electrons. The second kappa shape index (κ2) is 7.71. The fraction of sp³-hybridized carbons (Fsp3) is 0.533. The van der Waals surface area contributed by atoms with Gasteiger partial charge in [-0.25, -0.2) is 13.1 Å². The molecule has 1 heterocycles. The number of hydrogen-bond donors (Lipinski definition) is 1. The van der Waals surface area contributed by atoms with Crippen molar-refractivity contribution in [3.8, 4) is 0 Å². The van der Waals surface area contributed by atoms with Crippen molar-refractivity contribution < 1.29 is 22.7 Å². The Hall–Kier alpha value is -1.44. The summed E-state index contributed by atoms with van der Waals surface area (Å²) in [5.74, 6) is -0.815. The number of nitrogens with one attached hydrogen (secondary N) is 1. The lowest BCUT2D eigenvalue weighted by Crippen LogP contribution is -2.38. The van der Waals surface area contributed by atoms with Gasteiger partial charge in [-0.2, -0.15) is 0 Å². The van der Waals surface area contributed by atoms with Crippen LogP contribution in [0.3, 0.4) is 0 Å². The largest absolute Gasteiger partial charge is 0.380 e. The van der Waals surface area contributed by atoms with Gasteiger partial charge in [-0.1, -0.05) is 12.1 Å². The van der Waals surface area contributed by atoms with Crippen LogP contribution in [0.2, 0.25) is 0 Å². The molecule has 1 aliphatic rings. The summed E-state index contributed by atoms with van der Waals surface area (Å²) in [6, 6.07) is 6.69. The Balaban J connectivity index is 1.99. The number of sulfonamides is 1. The van der Waals surface area contributed by atoms with E-state index < -0.39 is 15.9 Å². The van der Waals surface area contributed by atoms with Crippen molar-refractivity contribution in [3.05, 3.63) is 35.4 Å². The molecule has 1 saturated heterocycles. The van der Waals surface area contributed by atoms with E-state index in [2.05, 4.69) is 4.72 Å². The molecule has 0 saturated carbocycles. The summed E-state index contributed by atoms with van der Waals surface area (Å²) in [7, 11) is -2.15. The quantitative estimate of drug-likeness (QED) is 0.855. The van der Waals surface area contributed by atoms with E-state index in [4.69, 9.17) is 9.47 Å². The highest BCUT2D eigenvalue weighted by Gasteiger charge is 2.24. The maximum atomic E-state index is 12.1. The summed E-state index contributed by atoms with van der Waals surface area (Å²) < 4.78 is 36.6. The first kappa shape index (κ1) is 16.9. The fourth-order valence-electron chi connectivity index (χ4n) is 2.39. The highest BCUT2D eigenvalue weighted by atomic mass is 32.2. The van der Waals surface area contributed by atoms with Crippen LogP contribution in [0.25, 0.3) is 0 Å². The van der Waals surface area contributed by atoms with Gasteiger partial charge in [-0.15, -0.1) is 0 Å². The number of carbonyl (C=O) groups excluding carboxylic acids is 1. The molecule has 7 heteroatoms. The second-order valence-electron chi connectivity index (χ2n) is 5.33. The number of amides is 1. The molecule has 0 aromatic heterocycles. The SMILES string of the molecule is COCc1cccc(C(=O)NS(=O)(=O)CC2CCCCO2)c1. The molecule has 0 radical (unpaired) electrons. The molecule has 0 bridgehead atoms. The van der Waals surface area contributed by atoms with E-state index in [1.165, 1.54) is 0 Å². The summed E-state index contributed by atoms with van der Waals surface area (Å²) in [5.41, 5.74) is 1.10. The monoisotopic (exact) mass is 327 g/mol. The first-order valence-electron chi connectivity index (χ1n) is 7.24. The van der Waals surface area contributed by atoms with Gasteiger partial charge < -0.3 is 9.47 Å². The molecule has 2 rings (SSSR count). The average Bonchev–Trinajstić information content (AvgIpc) is 2.48. The third-order valence-electron chi connectivity index (χ3n) is 3.43. The number of ether oxygens (including phenoxy) is 2. The topological polar surface area (TPSA) is 81.7 Å². The molecule has 1 aromatic rings. The lowest BCUT2D eigenvalue weighted by Gasteiger charge is -2.22. The van der Waals surface area contributed by atoms with E-state index in [-0.39, 0.29) is 11.9 Å². The van der Waals surface area contributed by atoms with E-state index in [0.717, 1.165) is 18.4 Å². The molecule has 1 atom stereocenters. The van der Waals surface area contributed by atoms with Crippen LogP contribution in [0.1, 0.15) is 35.2 Å². The van der Waals surface area contributed by atoms with Gasteiger partial charge in [0.15, 0.2) is 0 Å². The standard InChI is InChI=1S/C15H21NO5S/c1-20-10-12-5-4-6-13(9-12)15(17)16-22(18,19)11-14-7-2-3-8-21-14/h4-6,9,14H,2-3,7-8,10-11H2,1H3,(H,16,17). The van der Waals surface area contributed by atoms with Gasteiger partial charge in [-0.3, -0.25) is 4.79 Å². The number of methoxy groups -OCH3 is 1. The van der Waals surface area contributed by atoms with Gasteiger partial charge in [0, 0.05) is 19.3 Å².